The highest BCUT2D eigenvalue weighted by Gasteiger charge is 2.05. The second kappa shape index (κ2) is 5.75. The molecule has 2 nitrogen and oxygen atoms in total. The molecule has 0 atom stereocenters. The number of hydrogen-bond acceptors (Lipinski definition) is 2. The minimum atomic E-state index is -0.327. The molecule has 0 aliphatic heterocycles. The van der Waals surface area contributed by atoms with Crippen LogP contribution in [0.3, 0.4) is 0 Å². The van der Waals surface area contributed by atoms with Gasteiger partial charge in [0.2, 0.25) is 0 Å². The summed E-state index contributed by atoms with van der Waals surface area (Å²) in [7, 11) is 0. The van der Waals surface area contributed by atoms with Crippen molar-refractivity contribution in [3.8, 4) is 22.6 Å². The molecule has 0 bridgehead atoms. The van der Waals surface area contributed by atoms with Crippen LogP contribution < -0.4 is 4.74 Å². The van der Waals surface area contributed by atoms with Gasteiger partial charge in [0, 0.05) is 12.3 Å². The van der Waals surface area contributed by atoms with E-state index >= 15 is 0 Å². The summed E-state index contributed by atoms with van der Waals surface area (Å²) in [6.45, 7) is 2.02. The molecule has 0 amide bonds. The molecule has 2 aromatic carbocycles. The maximum atomic E-state index is 13.8. The average Bonchev–Trinajstić information content (AvgIpc) is 2.48. The van der Waals surface area contributed by atoms with Crippen LogP contribution in [-0.2, 0) is 0 Å². The van der Waals surface area contributed by atoms with Crippen molar-refractivity contribution in [3.63, 3.8) is 0 Å². The molecule has 3 rings (SSSR count). The minimum absolute atomic E-state index is 0.327. The summed E-state index contributed by atoms with van der Waals surface area (Å²) in [5.74, 6) is 0.712. The van der Waals surface area contributed by atoms with E-state index in [2.05, 4.69) is 4.98 Å². The molecule has 0 aliphatic carbocycles. The lowest BCUT2D eigenvalue weighted by molar-refractivity contribution is 0.475. The third-order valence-electron chi connectivity index (χ3n) is 3.13. The first-order valence-electron chi connectivity index (χ1n) is 6.66. The van der Waals surface area contributed by atoms with E-state index in [1.54, 1.807) is 24.5 Å². The maximum absolute atomic E-state index is 13.8. The van der Waals surface area contributed by atoms with Crippen molar-refractivity contribution in [2.45, 2.75) is 6.92 Å². The Bertz CT molecular complexity index is 739. The molecule has 0 unspecified atom stereocenters. The number of aryl methyl sites for hydroxylation is 1. The Labute approximate surface area is 122 Å². The molecule has 0 aliphatic rings. The molecule has 21 heavy (non-hydrogen) atoms. The lowest BCUT2D eigenvalue weighted by atomic mass is 10.0. The highest BCUT2D eigenvalue weighted by Crippen LogP contribution is 2.28. The fourth-order valence-corrected chi connectivity index (χ4v) is 2.08. The van der Waals surface area contributed by atoms with Crippen LogP contribution in [0.2, 0.25) is 0 Å². The van der Waals surface area contributed by atoms with E-state index in [0.717, 1.165) is 11.1 Å². The summed E-state index contributed by atoms with van der Waals surface area (Å²) in [5, 5.41) is 0. The average molecular weight is 279 g/mol. The third kappa shape index (κ3) is 3.26. The molecule has 0 saturated carbocycles. The van der Waals surface area contributed by atoms with Gasteiger partial charge in [-0.2, -0.15) is 0 Å². The number of nitrogens with zero attached hydrogens (tertiary/aromatic N) is 1. The van der Waals surface area contributed by atoms with Gasteiger partial charge in [0.05, 0.1) is 6.20 Å². The van der Waals surface area contributed by atoms with Gasteiger partial charge >= 0.3 is 0 Å². The monoisotopic (exact) mass is 279 g/mol. The zero-order valence-corrected chi connectivity index (χ0v) is 11.6. The van der Waals surface area contributed by atoms with E-state index in [1.807, 2.05) is 37.3 Å². The standard InChI is InChI=1S/C18H14FNO/c1-13-4-6-14(7-5-13)15-9-16(19)11-18(10-15)21-17-3-2-8-20-12-17/h2-12H,1H3. The summed E-state index contributed by atoms with van der Waals surface area (Å²) in [6, 6.07) is 16.2. The Hall–Kier alpha value is -2.68. The lowest BCUT2D eigenvalue weighted by Crippen LogP contribution is -1.88. The maximum Gasteiger partial charge on any atom is 0.145 e. The molecule has 0 radical (unpaired) electrons. The third-order valence-corrected chi connectivity index (χ3v) is 3.13. The van der Waals surface area contributed by atoms with Crippen LogP contribution in [0.25, 0.3) is 11.1 Å². The van der Waals surface area contributed by atoms with Crippen molar-refractivity contribution in [2.24, 2.45) is 0 Å². The Morgan fingerprint density at radius 1 is 0.905 bits per heavy atom. The molecular formula is C18H14FNO. The van der Waals surface area contributed by atoms with Crippen LogP contribution in [0.4, 0.5) is 4.39 Å². The number of ether oxygens (including phenoxy) is 1. The highest BCUT2D eigenvalue weighted by atomic mass is 19.1. The van der Waals surface area contributed by atoms with Gasteiger partial charge in [0.25, 0.3) is 0 Å². The van der Waals surface area contributed by atoms with Gasteiger partial charge in [0.1, 0.15) is 17.3 Å². The fourth-order valence-electron chi connectivity index (χ4n) is 2.08. The molecule has 0 N–H and O–H groups in total. The van der Waals surface area contributed by atoms with Gasteiger partial charge in [-0.05, 0) is 42.3 Å². The fraction of sp³-hybridized carbons (Fsp3) is 0.0556. The molecular weight excluding hydrogens is 265 g/mol. The SMILES string of the molecule is Cc1ccc(-c2cc(F)cc(Oc3cccnc3)c2)cc1. The quantitative estimate of drug-likeness (QED) is 0.674. The van der Waals surface area contributed by atoms with Crippen molar-refractivity contribution >= 4 is 0 Å². The van der Waals surface area contributed by atoms with E-state index in [-0.39, 0.29) is 5.82 Å². The van der Waals surface area contributed by atoms with Crippen LogP contribution in [0.15, 0.2) is 67.0 Å². The van der Waals surface area contributed by atoms with E-state index in [4.69, 9.17) is 4.74 Å². The summed E-state index contributed by atoms with van der Waals surface area (Å²) in [5.41, 5.74) is 2.91. The number of aromatic nitrogens is 1. The van der Waals surface area contributed by atoms with Gasteiger partial charge in [-0.25, -0.2) is 4.39 Å². The van der Waals surface area contributed by atoms with Gasteiger partial charge in [-0.1, -0.05) is 29.8 Å². The molecule has 0 fully saturated rings. The van der Waals surface area contributed by atoms with E-state index in [0.29, 0.717) is 11.5 Å². The van der Waals surface area contributed by atoms with Crippen molar-refractivity contribution in [3.05, 3.63) is 78.4 Å². The second-order valence-electron chi connectivity index (χ2n) is 4.83. The predicted molar refractivity (Wildman–Crippen MR) is 80.9 cm³/mol. The zero-order valence-electron chi connectivity index (χ0n) is 11.6. The zero-order chi connectivity index (χ0) is 14.7. The topological polar surface area (TPSA) is 22.1 Å². The number of rotatable bonds is 3. The number of benzene rings is 2. The first-order chi connectivity index (χ1) is 10.2. The predicted octanol–water partition coefficient (Wildman–Crippen LogP) is 4.99. The molecule has 104 valence electrons. The Kier molecular flexibility index (Phi) is 3.65. The first kappa shape index (κ1) is 13.3. The Morgan fingerprint density at radius 3 is 2.43 bits per heavy atom. The van der Waals surface area contributed by atoms with Crippen LogP contribution in [0.1, 0.15) is 5.56 Å². The molecule has 3 aromatic rings. The molecule has 1 aromatic heterocycles. The summed E-state index contributed by atoms with van der Waals surface area (Å²) < 4.78 is 19.4. The van der Waals surface area contributed by atoms with E-state index < -0.39 is 0 Å². The van der Waals surface area contributed by atoms with Crippen molar-refractivity contribution in [1.29, 1.82) is 0 Å². The van der Waals surface area contributed by atoms with Gasteiger partial charge < -0.3 is 4.74 Å². The first-order valence-corrected chi connectivity index (χ1v) is 6.66. The van der Waals surface area contributed by atoms with Crippen LogP contribution in [0.5, 0.6) is 11.5 Å². The minimum Gasteiger partial charge on any atom is -0.456 e. The van der Waals surface area contributed by atoms with Gasteiger partial charge in [-0.15, -0.1) is 0 Å². The van der Waals surface area contributed by atoms with Crippen molar-refractivity contribution in [1.82, 2.24) is 4.98 Å². The van der Waals surface area contributed by atoms with Crippen LogP contribution in [0, 0.1) is 12.7 Å². The number of halogens is 1. The molecule has 3 heteroatoms. The number of pyridine rings is 1. The van der Waals surface area contributed by atoms with Crippen molar-refractivity contribution < 1.29 is 9.13 Å². The summed E-state index contributed by atoms with van der Waals surface area (Å²) >= 11 is 0. The Balaban J connectivity index is 1.94. The van der Waals surface area contributed by atoms with E-state index in [9.17, 15) is 4.39 Å². The smallest absolute Gasteiger partial charge is 0.145 e. The lowest BCUT2D eigenvalue weighted by Gasteiger charge is -2.08. The largest absolute Gasteiger partial charge is 0.456 e. The van der Waals surface area contributed by atoms with Gasteiger partial charge in [-0.3, -0.25) is 4.98 Å². The summed E-state index contributed by atoms with van der Waals surface area (Å²) in [6.07, 6.45) is 3.26. The van der Waals surface area contributed by atoms with E-state index in [1.165, 1.54) is 17.7 Å². The molecule has 0 spiro atoms. The van der Waals surface area contributed by atoms with Crippen LogP contribution >= 0.6 is 0 Å². The highest BCUT2D eigenvalue weighted by molar-refractivity contribution is 5.65. The Morgan fingerprint density at radius 2 is 1.71 bits per heavy atom. The van der Waals surface area contributed by atoms with Crippen molar-refractivity contribution in [2.75, 3.05) is 0 Å². The number of hydrogen-bond donors (Lipinski definition) is 0. The molecule has 1 heterocycles. The summed E-state index contributed by atoms with van der Waals surface area (Å²) in [4.78, 5) is 3.97. The normalized spacial score (nSPS) is 10.4. The second-order valence-corrected chi connectivity index (χ2v) is 4.83. The van der Waals surface area contributed by atoms with Crippen LogP contribution in [-0.4, -0.2) is 4.98 Å². The molecule has 0 saturated heterocycles. The van der Waals surface area contributed by atoms with Gasteiger partial charge in [0.15, 0.2) is 0 Å².